The Kier molecular flexibility index (Phi) is 7.62. The lowest BCUT2D eigenvalue weighted by Crippen LogP contribution is -2.14. The number of thioether (sulfide) groups is 1. The van der Waals surface area contributed by atoms with E-state index < -0.39 is 0 Å². The zero-order valence-electron chi connectivity index (χ0n) is 13.6. The zero-order chi connectivity index (χ0) is 18.2. The zero-order valence-corrected chi connectivity index (χ0v) is 16.0. The number of hydrogen-bond donors (Lipinski definition) is 2. The van der Waals surface area contributed by atoms with Gasteiger partial charge in [0, 0.05) is 17.0 Å². The van der Waals surface area contributed by atoms with Crippen LogP contribution in [0.3, 0.4) is 0 Å². The summed E-state index contributed by atoms with van der Waals surface area (Å²) in [6, 6.07) is 12.5. The normalized spacial score (nSPS) is 10.4. The summed E-state index contributed by atoms with van der Waals surface area (Å²) in [7, 11) is 0. The van der Waals surface area contributed by atoms with Crippen molar-refractivity contribution in [1.82, 2.24) is 0 Å². The number of carbonyl (C=O) groups excluding carboxylic acids is 2. The average Bonchev–Trinajstić information content (AvgIpc) is 2.58. The number of carbonyl (C=O) groups is 2. The first-order chi connectivity index (χ1) is 12.0. The first kappa shape index (κ1) is 19.6. The van der Waals surface area contributed by atoms with E-state index in [-0.39, 0.29) is 17.6 Å². The van der Waals surface area contributed by atoms with Crippen molar-refractivity contribution in [3.8, 4) is 0 Å². The van der Waals surface area contributed by atoms with Crippen LogP contribution < -0.4 is 10.6 Å². The molecule has 2 rings (SSSR count). The summed E-state index contributed by atoms with van der Waals surface area (Å²) in [6.45, 7) is 1.96. The van der Waals surface area contributed by atoms with Crippen molar-refractivity contribution >= 4 is 58.2 Å². The highest BCUT2D eigenvalue weighted by atomic mass is 35.5. The predicted molar refractivity (Wildman–Crippen MR) is 106 cm³/mol. The van der Waals surface area contributed by atoms with Gasteiger partial charge in [0.15, 0.2) is 0 Å². The van der Waals surface area contributed by atoms with Crippen LogP contribution in [0.4, 0.5) is 11.4 Å². The molecule has 2 aromatic carbocycles. The average molecular weight is 397 g/mol. The summed E-state index contributed by atoms with van der Waals surface area (Å²) in [4.78, 5) is 24.5. The molecule has 0 spiro atoms. The van der Waals surface area contributed by atoms with E-state index >= 15 is 0 Å². The van der Waals surface area contributed by atoms with E-state index in [1.54, 1.807) is 18.2 Å². The van der Waals surface area contributed by atoms with Crippen LogP contribution in [0.25, 0.3) is 0 Å². The van der Waals surface area contributed by atoms with E-state index in [1.165, 1.54) is 11.8 Å². The SMILES string of the molecule is CCCC(=O)Nc1ccc(SCC(=O)Nc2cccc(Cl)c2Cl)cc1. The minimum absolute atomic E-state index is 0.000631. The topological polar surface area (TPSA) is 58.2 Å². The van der Waals surface area contributed by atoms with Crippen LogP contribution >= 0.6 is 35.0 Å². The van der Waals surface area contributed by atoms with Crippen LogP contribution in [0, 0.1) is 0 Å². The molecule has 0 saturated carbocycles. The molecule has 2 aromatic rings. The number of rotatable bonds is 7. The molecule has 2 amide bonds. The van der Waals surface area contributed by atoms with Gasteiger partial charge in [0.1, 0.15) is 0 Å². The van der Waals surface area contributed by atoms with Gasteiger partial charge in [-0.1, -0.05) is 36.2 Å². The molecule has 0 unspecified atom stereocenters. The Labute approximate surface area is 161 Å². The standard InChI is InChI=1S/C18H18Cl2N2O2S/c1-2-4-16(23)21-12-7-9-13(10-8-12)25-11-17(24)22-15-6-3-5-14(19)18(15)20/h3,5-10H,2,4,11H2,1H3,(H,21,23)(H,22,24). The van der Waals surface area contributed by atoms with Gasteiger partial charge >= 0.3 is 0 Å². The summed E-state index contributed by atoms with van der Waals surface area (Å²) >= 11 is 13.4. The molecule has 0 aliphatic carbocycles. The lowest BCUT2D eigenvalue weighted by atomic mass is 10.3. The van der Waals surface area contributed by atoms with Crippen LogP contribution in [-0.4, -0.2) is 17.6 Å². The van der Waals surface area contributed by atoms with Gasteiger partial charge in [-0.15, -0.1) is 11.8 Å². The maximum Gasteiger partial charge on any atom is 0.234 e. The number of hydrogen-bond acceptors (Lipinski definition) is 3. The predicted octanol–water partition coefficient (Wildman–Crippen LogP) is 5.46. The number of anilines is 2. The first-order valence-electron chi connectivity index (χ1n) is 7.76. The van der Waals surface area contributed by atoms with Gasteiger partial charge in [-0.2, -0.15) is 0 Å². The lowest BCUT2D eigenvalue weighted by molar-refractivity contribution is -0.116. The van der Waals surface area contributed by atoms with E-state index in [4.69, 9.17) is 23.2 Å². The molecule has 0 atom stereocenters. The van der Waals surface area contributed by atoms with Crippen LogP contribution in [0.1, 0.15) is 19.8 Å². The second-order valence-corrected chi connectivity index (χ2v) is 7.09. The summed E-state index contributed by atoms with van der Waals surface area (Å²) in [5.41, 5.74) is 1.24. The second kappa shape index (κ2) is 9.70. The quantitative estimate of drug-likeness (QED) is 0.610. The maximum atomic E-state index is 12.0. The summed E-state index contributed by atoms with van der Waals surface area (Å²) in [5, 5.41) is 6.29. The van der Waals surface area contributed by atoms with Gasteiger partial charge < -0.3 is 10.6 Å². The van der Waals surface area contributed by atoms with Gasteiger partial charge in [-0.05, 0) is 42.8 Å². The van der Waals surface area contributed by atoms with E-state index in [1.807, 2.05) is 31.2 Å². The fraction of sp³-hybridized carbons (Fsp3) is 0.222. The van der Waals surface area contributed by atoms with Crippen molar-refractivity contribution in [2.75, 3.05) is 16.4 Å². The third-order valence-electron chi connectivity index (χ3n) is 3.21. The molecular weight excluding hydrogens is 379 g/mol. The van der Waals surface area contributed by atoms with Crippen molar-refractivity contribution in [3.63, 3.8) is 0 Å². The van der Waals surface area contributed by atoms with Crippen molar-refractivity contribution in [3.05, 3.63) is 52.5 Å². The van der Waals surface area contributed by atoms with Gasteiger partial charge in [0.2, 0.25) is 11.8 Å². The highest BCUT2D eigenvalue weighted by Crippen LogP contribution is 2.30. The van der Waals surface area contributed by atoms with Crippen molar-refractivity contribution in [2.45, 2.75) is 24.7 Å². The maximum absolute atomic E-state index is 12.0. The number of halogens is 2. The van der Waals surface area contributed by atoms with E-state index in [0.29, 0.717) is 22.2 Å². The Hall–Kier alpha value is -1.69. The van der Waals surface area contributed by atoms with Crippen molar-refractivity contribution in [1.29, 1.82) is 0 Å². The van der Waals surface area contributed by atoms with Crippen LogP contribution in [0.5, 0.6) is 0 Å². The number of nitrogens with one attached hydrogen (secondary N) is 2. The van der Waals surface area contributed by atoms with Gasteiger partial charge in [-0.25, -0.2) is 0 Å². The smallest absolute Gasteiger partial charge is 0.234 e. The highest BCUT2D eigenvalue weighted by Gasteiger charge is 2.09. The molecule has 0 aliphatic heterocycles. The monoisotopic (exact) mass is 396 g/mol. The number of amides is 2. The van der Waals surface area contributed by atoms with Crippen LogP contribution in [0.2, 0.25) is 10.0 Å². The molecule has 0 bridgehead atoms. The summed E-state index contributed by atoms with van der Waals surface area (Å²) < 4.78 is 0. The molecule has 132 valence electrons. The van der Waals surface area contributed by atoms with Crippen LogP contribution in [0.15, 0.2) is 47.4 Å². The van der Waals surface area contributed by atoms with Crippen molar-refractivity contribution in [2.24, 2.45) is 0 Å². The molecule has 4 nitrogen and oxygen atoms in total. The Morgan fingerprint density at radius 2 is 1.72 bits per heavy atom. The van der Waals surface area contributed by atoms with Crippen LogP contribution in [-0.2, 0) is 9.59 Å². The van der Waals surface area contributed by atoms with E-state index in [2.05, 4.69) is 10.6 Å². The molecule has 0 fully saturated rings. The van der Waals surface area contributed by atoms with Gasteiger partial charge in [0.05, 0.1) is 21.5 Å². The largest absolute Gasteiger partial charge is 0.326 e. The fourth-order valence-electron chi connectivity index (χ4n) is 2.02. The van der Waals surface area contributed by atoms with Gasteiger partial charge in [0.25, 0.3) is 0 Å². The third-order valence-corrected chi connectivity index (χ3v) is 5.04. The minimum Gasteiger partial charge on any atom is -0.326 e. The van der Waals surface area contributed by atoms with E-state index in [0.717, 1.165) is 17.0 Å². The molecule has 7 heteroatoms. The Morgan fingerprint density at radius 3 is 2.40 bits per heavy atom. The molecule has 0 saturated heterocycles. The molecular formula is C18H18Cl2N2O2S. The van der Waals surface area contributed by atoms with Crippen molar-refractivity contribution < 1.29 is 9.59 Å². The molecule has 0 heterocycles. The summed E-state index contributed by atoms with van der Waals surface area (Å²) in [5.74, 6) is 0.0693. The Bertz CT molecular complexity index is 751. The lowest BCUT2D eigenvalue weighted by Gasteiger charge is -2.08. The first-order valence-corrected chi connectivity index (χ1v) is 9.50. The summed E-state index contributed by atoms with van der Waals surface area (Å²) in [6.07, 6.45) is 1.31. The minimum atomic E-state index is -0.172. The molecule has 2 N–H and O–H groups in total. The second-order valence-electron chi connectivity index (χ2n) is 5.26. The highest BCUT2D eigenvalue weighted by molar-refractivity contribution is 8.00. The van der Waals surface area contributed by atoms with Gasteiger partial charge in [-0.3, -0.25) is 9.59 Å². The third kappa shape index (κ3) is 6.27. The number of benzene rings is 2. The molecule has 0 aliphatic rings. The Balaban J connectivity index is 1.85. The Morgan fingerprint density at radius 1 is 1.00 bits per heavy atom. The van der Waals surface area contributed by atoms with E-state index in [9.17, 15) is 9.59 Å². The molecule has 25 heavy (non-hydrogen) atoms. The fourth-order valence-corrected chi connectivity index (χ4v) is 3.07. The molecule has 0 aromatic heterocycles. The molecule has 0 radical (unpaired) electrons.